The molecule has 0 saturated heterocycles. The Morgan fingerprint density at radius 2 is 1.65 bits per heavy atom. The normalized spacial score (nSPS) is 20.6. The topological polar surface area (TPSA) is 58.2 Å². The zero-order valence-electron chi connectivity index (χ0n) is 12.5. The first-order valence-corrected chi connectivity index (χ1v) is 7.07. The Bertz CT molecular complexity index is 517. The third-order valence-corrected chi connectivity index (χ3v) is 3.62. The molecule has 0 bridgehead atoms. The van der Waals surface area contributed by atoms with E-state index < -0.39 is 0 Å². The summed E-state index contributed by atoms with van der Waals surface area (Å²) in [5, 5.41) is 5.82. The van der Waals surface area contributed by atoms with Gasteiger partial charge in [-0.05, 0) is 45.2 Å². The van der Waals surface area contributed by atoms with Crippen LogP contribution in [0.3, 0.4) is 0 Å². The number of hydrogen-bond donors (Lipinski definition) is 2. The van der Waals surface area contributed by atoms with Crippen molar-refractivity contribution in [2.24, 2.45) is 11.8 Å². The second-order valence-electron chi connectivity index (χ2n) is 5.87. The summed E-state index contributed by atoms with van der Waals surface area (Å²) in [6.07, 6.45) is 0.648. The monoisotopic (exact) mass is 274 g/mol. The summed E-state index contributed by atoms with van der Waals surface area (Å²) >= 11 is 0. The minimum absolute atomic E-state index is 0.0124. The van der Waals surface area contributed by atoms with Crippen LogP contribution >= 0.6 is 0 Å². The molecule has 1 aromatic carbocycles. The predicted molar refractivity (Wildman–Crippen MR) is 79.4 cm³/mol. The highest BCUT2D eigenvalue weighted by atomic mass is 16.2. The Kier molecular flexibility index (Phi) is 4.12. The number of rotatable bonds is 4. The molecule has 2 rings (SSSR count). The second kappa shape index (κ2) is 5.65. The number of para-hydroxylation sites is 1. The fourth-order valence-corrected chi connectivity index (χ4v) is 2.39. The zero-order valence-corrected chi connectivity index (χ0v) is 12.5. The first kappa shape index (κ1) is 14.6. The molecule has 108 valence electrons. The molecule has 1 aliphatic rings. The minimum Gasteiger partial charge on any atom is -0.354 e. The highest BCUT2D eigenvalue weighted by Gasteiger charge is 2.48. The van der Waals surface area contributed by atoms with Crippen LogP contribution in [0.2, 0.25) is 0 Å². The quantitative estimate of drug-likeness (QED) is 0.885. The molecule has 0 aromatic heterocycles. The van der Waals surface area contributed by atoms with Crippen LogP contribution in [0, 0.1) is 25.7 Å². The summed E-state index contributed by atoms with van der Waals surface area (Å²) in [7, 11) is 0. The van der Waals surface area contributed by atoms with Gasteiger partial charge < -0.3 is 10.6 Å². The van der Waals surface area contributed by atoms with E-state index in [1.165, 1.54) is 0 Å². The Labute approximate surface area is 119 Å². The highest BCUT2D eigenvalue weighted by molar-refractivity contribution is 6.00. The van der Waals surface area contributed by atoms with Crippen LogP contribution in [0.25, 0.3) is 0 Å². The molecule has 0 spiro atoms. The van der Waals surface area contributed by atoms with Crippen molar-refractivity contribution in [2.45, 2.75) is 40.2 Å². The second-order valence-corrected chi connectivity index (χ2v) is 5.87. The SMILES string of the molecule is Cc1cccc(C)c1NC(=O)C1CC1C(=O)NC(C)C. The largest absolute Gasteiger partial charge is 0.354 e. The summed E-state index contributed by atoms with van der Waals surface area (Å²) in [6, 6.07) is 6.03. The van der Waals surface area contributed by atoms with Crippen LogP contribution in [-0.2, 0) is 9.59 Å². The molecule has 2 atom stereocenters. The lowest BCUT2D eigenvalue weighted by atomic mass is 10.1. The third-order valence-electron chi connectivity index (χ3n) is 3.62. The van der Waals surface area contributed by atoms with Gasteiger partial charge in [-0.1, -0.05) is 18.2 Å². The van der Waals surface area contributed by atoms with Crippen LogP contribution in [0.15, 0.2) is 18.2 Å². The number of anilines is 1. The van der Waals surface area contributed by atoms with E-state index in [1.54, 1.807) is 0 Å². The van der Waals surface area contributed by atoms with Gasteiger partial charge in [-0.3, -0.25) is 9.59 Å². The molecule has 0 aliphatic heterocycles. The Morgan fingerprint density at radius 1 is 1.10 bits per heavy atom. The minimum atomic E-state index is -0.187. The van der Waals surface area contributed by atoms with Crippen molar-refractivity contribution >= 4 is 17.5 Å². The Hall–Kier alpha value is -1.84. The van der Waals surface area contributed by atoms with Gasteiger partial charge in [0.2, 0.25) is 11.8 Å². The molecule has 2 amide bonds. The number of aryl methyl sites for hydroxylation is 2. The number of carbonyl (C=O) groups is 2. The third kappa shape index (κ3) is 3.18. The average Bonchev–Trinajstić information content (AvgIpc) is 3.13. The first-order chi connectivity index (χ1) is 9.40. The van der Waals surface area contributed by atoms with Crippen molar-refractivity contribution in [3.05, 3.63) is 29.3 Å². The van der Waals surface area contributed by atoms with Crippen molar-refractivity contribution in [2.75, 3.05) is 5.32 Å². The summed E-state index contributed by atoms with van der Waals surface area (Å²) in [4.78, 5) is 24.0. The summed E-state index contributed by atoms with van der Waals surface area (Å²) in [5.74, 6) is -0.414. The molecule has 0 radical (unpaired) electrons. The van der Waals surface area contributed by atoms with Crippen LogP contribution in [0.1, 0.15) is 31.4 Å². The van der Waals surface area contributed by atoms with E-state index >= 15 is 0 Å². The highest BCUT2D eigenvalue weighted by Crippen LogP contribution is 2.40. The van der Waals surface area contributed by atoms with Crippen molar-refractivity contribution in [3.63, 3.8) is 0 Å². The van der Waals surface area contributed by atoms with Crippen molar-refractivity contribution < 1.29 is 9.59 Å². The van der Waals surface area contributed by atoms with Crippen molar-refractivity contribution in [1.82, 2.24) is 5.32 Å². The Balaban J connectivity index is 1.96. The lowest BCUT2D eigenvalue weighted by Gasteiger charge is -2.11. The lowest BCUT2D eigenvalue weighted by Crippen LogP contribution is -2.32. The molecule has 2 N–H and O–H groups in total. The Morgan fingerprint density at radius 3 is 2.20 bits per heavy atom. The van der Waals surface area contributed by atoms with Crippen molar-refractivity contribution in [3.8, 4) is 0 Å². The number of amides is 2. The zero-order chi connectivity index (χ0) is 14.9. The lowest BCUT2D eigenvalue weighted by molar-refractivity contribution is -0.125. The molecule has 1 fully saturated rings. The van der Waals surface area contributed by atoms with Gasteiger partial charge >= 0.3 is 0 Å². The molecule has 4 nitrogen and oxygen atoms in total. The van der Waals surface area contributed by atoms with Crippen LogP contribution < -0.4 is 10.6 Å². The number of nitrogens with one attached hydrogen (secondary N) is 2. The van der Waals surface area contributed by atoms with Gasteiger partial charge in [0, 0.05) is 11.7 Å². The van der Waals surface area contributed by atoms with E-state index in [1.807, 2.05) is 45.9 Å². The first-order valence-electron chi connectivity index (χ1n) is 7.07. The van der Waals surface area contributed by atoms with Gasteiger partial charge in [-0.15, -0.1) is 0 Å². The van der Waals surface area contributed by atoms with Gasteiger partial charge in [0.1, 0.15) is 0 Å². The van der Waals surface area contributed by atoms with E-state index in [0.717, 1.165) is 16.8 Å². The maximum atomic E-state index is 12.2. The maximum absolute atomic E-state index is 12.2. The van der Waals surface area contributed by atoms with E-state index in [4.69, 9.17) is 0 Å². The van der Waals surface area contributed by atoms with E-state index in [9.17, 15) is 9.59 Å². The molecule has 0 heterocycles. The number of benzene rings is 1. The summed E-state index contributed by atoms with van der Waals surface area (Å²) < 4.78 is 0. The fraction of sp³-hybridized carbons (Fsp3) is 0.500. The van der Waals surface area contributed by atoms with Gasteiger partial charge in [-0.2, -0.15) is 0 Å². The van der Waals surface area contributed by atoms with Gasteiger partial charge in [0.05, 0.1) is 11.8 Å². The molecule has 1 aromatic rings. The fourth-order valence-electron chi connectivity index (χ4n) is 2.39. The summed E-state index contributed by atoms with van der Waals surface area (Å²) in [5.41, 5.74) is 2.96. The van der Waals surface area contributed by atoms with Crippen LogP contribution in [0.4, 0.5) is 5.69 Å². The van der Waals surface area contributed by atoms with Crippen LogP contribution in [0.5, 0.6) is 0 Å². The molecule has 1 aliphatic carbocycles. The average molecular weight is 274 g/mol. The van der Waals surface area contributed by atoms with E-state index in [-0.39, 0.29) is 29.7 Å². The van der Waals surface area contributed by atoms with Gasteiger partial charge in [-0.25, -0.2) is 0 Å². The molecular formula is C16H22N2O2. The number of carbonyl (C=O) groups excluding carboxylic acids is 2. The molecule has 1 saturated carbocycles. The van der Waals surface area contributed by atoms with Gasteiger partial charge in [0.15, 0.2) is 0 Å². The molecule has 4 heteroatoms. The van der Waals surface area contributed by atoms with E-state index in [2.05, 4.69) is 10.6 Å². The molecule has 20 heavy (non-hydrogen) atoms. The summed E-state index contributed by atoms with van der Waals surface area (Å²) in [6.45, 7) is 7.79. The standard InChI is InChI=1S/C16H22N2O2/c1-9(2)17-15(19)12-8-13(12)16(20)18-14-10(3)6-5-7-11(14)4/h5-7,9,12-13H,8H2,1-4H3,(H,17,19)(H,18,20). The maximum Gasteiger partial charge on any atom is 0.228 e. The van der Waals surface area contributed by atoms with Crippen LogP contribution in [-0.4, -0.2) is 17.9 Å². The smallest absolute Gasteiger partial charge is 0.228 e. The van der Waals surface area contributed by atoms with Crippen molar-refractivity contribution in [1.29, 1.82) is 0 Å². The van der Waals surface area contributed by atoms with E-state index in [0.29, 0.717) is 6.42 Å². The number of hydrogen-bond acceptors (Lipinski definition) is 2. The molecule has 2 unspecified atom stereocenters. The molecular weight excluding hydrogens is 252 g/mol. The predicted octanol–water partition coefficient (Wildman–Crippen LogP) is 2.40. The van der Waals surface area contributed by atoms with Gasteiger partial charge in [0.25, 0.3) is 0 Å².